The number of aliphatic carboxylic acids is 1. The Bertz CT molecular complexity index is 336. The van der Waals surface area contributed by atoms with Crippen molar-refractivity contribution in [3.63, 3.8) is 0 Å². The maximum atomic E-state index is 10.1. The molecule has 0 aliphatic carbocycles. The molecule has 0 saturated carbocycles. The summed E-state index contributed by atoms with van der Waals surface area (Å²) in [5.74, 6) is -0.907. The molecule has 0 aromatic carbocycles. The average molecular weight is 493 g/mol. The number of hydrogen-bond acceptors (Lipinski definition) is 3. The molecule has 34 heavy (non-hydrogen) atoms. The Labute approximate surface area is 237 Å². The molecule has 0 aliphatic rings. The molecule has 3 nitrogen and oxygen atoms in total. The van der Waals surface area contributed by atoms with Gasteiger partial charge in [0.2, 0.25) is 0 Å². The fourth-order valence-electron chi connectivity index (χ4n) is 4.00. The van der Waals surface area contributed by atoms with Crippen molar-refractivity contribution in [2.45, 2.75) is 175 Å². The third-order valence-electron chi connectivity index (χ3n) is 6.27. The molecule has 0 radical (unpaired) electrons. The van der Waals surface area contributed by atoms with Gasteiger partial charge in [-0.05, 0) is 25.7 Å². The van der Waals surface area contributed by atoms with Gasteiger partial charge in [0.05, 0.1) is 0 Å². The van der Waals surface area contributed by atoms with Gasteiger partial charge < -0.3 is 14.6 Å². The molecule has 0 aliphatic heterocycles. The predicted octanol–water partition coefficient (Wildman–Crippen LogP) is 6.17. The fraction of sp³-hybridized carbons (Fsp3) is 0.967. The summed E-state index contributed by atoms with van der Waals surface area (Å²) in [5, 5.41) is 10.1. The van der Waals surface area contributed by atoms with Gasteiger partial charge in [0, 0.05) is 19.2 Å². The van der Waals surface area contributed by atoms with Gasteiger partial charge >= 0.3 is 29.6 Å². The summed E-state index contributed by atoms with van der Waals surface area (Å²) in [6.45, 7) is 8.75. The van der Waals surface area contributed by atoms with Crippen molar-refractivity contribution in [3.8, 4) is 0 Å². The van der Waals surface area contributed by atoms with E-state index in [0.29, 0.717) is 0 Å². The van der Waals surface area contributed by atoms with E-state index >= 15 is 0 Å². The van der Waals surface area contributed by atoms with Gasteiger partial charge in [-0.3, -0.25) is 0 Å². The quantitative estimate of drug-likeness (QED) is 0.107. The molecule has 0 saturated heterocycles. The standard InChI is InChI=1S/C16H34O.C14H28O2.Na/c1-3-5-7-9-11-13-15-17-16-14-12-10-8-6-4-2;1-2-3-4-5-6-7-8-9-10-11-12-13-14(15)16;/h3-16H2,1-2H3;2-13H2,1H3,(H,15,16);/q;;+1/p-1. The SMILES string of the molecule is CCCCCCCCCCCCCC(=O)[O-].CCCCCCCCOCCCCCCCC.[Na+]. The molecule has 0 spiro atoms. The van der Waals surface area contributed by atoms with E-state index in [1.165, 1.54) is 135 Å². The molecule has 0 aromatic rings. The second-order valence-corrected chi connectivity index (χ2v) is 9.81. The van der Waals surface area contributed by atoms with Crippen LogP contribution in [0, 0.1) is 0 Å². The first-order valence-corrected chi connectivity index (χ1v) is 15.0. The van der Waals surface area contributed by atoms with Crippen LogP contribution in [0.5, 0.6) is 0 Å². The second-order valence-electron chi connectivity index (χ2n) is 9.81. The molecule has 0 rings (SSSR count). The molecule has 0 bridgehead atoms. The number of unbranched alkanes of at least 4 members (excludes halogenated alkanes) is 20. The molecular formula is C30H61NaO3. The summed E-state index contributed by atoms with van der Waals surface area (Å²) in [4.78, 5) is 10.1. The number of carboxylic acid groups (broad SMARTS) is 1. The number of hydrogen-bond donors (Lipinski definition) is 0. The van der Waals surface area contributed by atoms with Crippen molar-refractivity contribution in [3.05, 3.63) is 0 Å². The van der Waals surface area contributed by atoms with Crippen molar-refractivity contribution in [2.75, 3.05) is 13.2 Å². The summed E-state index contributed by atoms with van der Waals surface area (Å²) in [5.41, 5.74) is 0. The summed E-state index contributed by atoms with van der Waals surface area (Å²) in [6.07, 6.45) is 30.4. The Balaban J connectivity index is -0.000000550. The second kappa shape index (κ2) is 38.0. The van der Waals surface area contributed by atoms with Crippen molar-refractivity contribution in [1.29, 1.82) is 0 Å². The molecule has 200 valence electrons. The zero-order chi connectivity index (χ0) is 24.7. The first-order valence-electron chi connectivity index (χ1n) is 15.0. The van der Waals surface area contributed by atoms with Crippen LogP contribution in [-0.4, -0.2) is 19.2 Å². The summed E-state index contributed by atoms with van der Waals surface area (Å²) in [6, 6.07) is 0. The summed E-state index contributed by atoms with van der Waals surface area (Å²) >= 11 is 0. The van der Waals surface area contributed by atoms with E-state index in [1.54, 1.807) is 0 Å². The van der Waals surface area contributed by atoms with Crippen LogP contribution in [0.4, 0.5) is 0 Å². The first-order chi connectivity index (χ1) is 16.2. The van der Waals surface area contributed by atoms with Gasteiger partial charge in [-0.15, -0.1) is 0 Å². The van der Waals surface area contributed by atoms with Crippen LogP contribution in [0.15, 0.2) is 0 Å². The maximum absolute atomic E-state index is 10.1. The Hall–Kier alpha value is 0.430. The topological polar surface area (TPSA) is 49.4 Å². The minimum Gasteiger partial charge on any atom is -0.550 e. The minimum atomic E-state index is -0.907. The molecule has 0 N–H and O–H groups in total. The maximum Gasteiger partial charge on any atom is 1.00 e. The van der Waals surface area contributed by atoms with Crippen LogP contribution < -0.4 is 34.7 Å². The van der Waals surface area contributed by atoms with E-state index in [0.717, 1.165) is 26.1 Å². The molecule has 0 amide bonds. The van der Waals surface area contributed by atoms with Crippen LogP contribution in [0.1, 0.15) is 175 Å². The fourth-order valence-corrected chi connectivity index (χ4v) is 4.00. The van der Waals surface area contributed by atoms with E-state index in [1.807, 2.05) is 0 Å². The van der Waals surface area contributed by atoms with E-state index in [-0.39, 0.29) is 36.0 Å². The molecule has 0 aromatic heterocycles. The van der Waals surface area contributed by atoms with E-state index in [2.05, 4.69) is 20.8 Å². The first kappa shape index (κ1) is 39.0. The van der Waals surface area contributed by atoms with Crippen LogP contribution in [0.2, 0.25) is 0 Å². The smallest absolute Gasteiger partial charge is 0.550 e. The minimum absolute atomic E-state index is 0. The largest absolute Gasteiger partial charge is 1.00 e. The third-order valence-corrected chi connectivity index (χ3v) is 6.27. The Morgan fingerprint density at radius 2 is 0.735 bits per heavy atom. The van der Waals surface area contributed by atoms with Crippen molar-refractivity contribution in [2.24, 2.45) is 0 Å². The molecule has 0 unspecified atom stereocenters. The third kappa shape index (κ3) is 42.6. The Morgan fingerprint density at radius 1 is 0.471 bits per heavy atom. The Kier molecular flexibility index (Phi) is 43.5. The summed E-state index contributed by atoms with van der Waals surface area (Å²) < 4.78 is 5.65. The van der Waals surface area contributed by atoms with Crippen molar-refractivity contribution in [1.82, 2.24) is 0 Å². The van der Waals surface area contributed by atoms with E-state index in [9.17, 15) is 9.90 Å². The van der Waals surface area contributed by atoms with Crippen LogP contribution in [-0.2, 0) is 9.53 Å². The van der Waals surface area contributed by atoms with Crippen molar-refractivity contribution >= 4 is 5.97 Å². The zero-order valence-corrected chi connectivity index (χ0v) is 26.1. The zero-order valence-electron chi connectivity index (χ0n) is 24.1. The van der Waals surface area contributed by atoms with Crippen LogP contribution in [0.25, 0.3) is 0 Å². The predicted molar refractivity (Wildman–Crippen MR) is 144 cm³/mol. The van der Waals surface area contributed by atoms with E-state index < -0.39 is 5.97 Å². The molecule has 0 heterocycles. The van der Waals surface area contributed by atoms with Gasteiger partial charge in [0.15, 0.2) is 0 Å². The van der Waals surface area contributed by atoms with Gasteiger partial charge in [-0.2, -0.15) is 0 Å². The number of rotatable bonds is 26. The normalized spacial score (nSPS) is 10.4. The van der Waals surface area contributed by atoms with Gasteiger partial charge in [0.25, 0.3) is 0 Å². The molecule has 0 atom stereocenters. The average Bonchev–Trinajstić information content (AvgIpc) is 2.81. The van der Waals surface area contributed by atoms with Crippen LogP contribution in [0.3, 0.4) is 0 Å². The summed E-state index contributed by atoms with van der Waals surface area (Å²) in [7, 11) is 0. The van der Waals surface area contributed by atoms with Gasteiger partial charge in [-0.1, -0.05) is 149 Å². The Morgan fingerprint density at radius 3 is 1.03 bits per heavy atom. The molecule has 4 heteroatoms. The number of carbonyl (C=O) groups is 1. The van der Waals surface area contributed by atoms with Crippen LogP contribution >= 0.6 is 0 Å². The number of carboxylic acids is 1. The number of carbonyl (C=O) groups excluding carboxylic acids is 1. The van der Waals surface area contributed by atoms with Gasteiger partial charge in [0.1, 0.15) is 0 Å². The molecule has 0 fully saturated rings. The van der Waals surface area contributed by atoms with Gasteiger partial charge in [-0.25, -0.2) is 0 Å². The molecular weight excluding hydrogens is 431 g/mol. The monoisotopic (exact) mass is 492 g/mol. The van der Waals surface area contributed by atoms with E-state index in [4.69, 9.17) is 4.74 Å². The number of ether oxygens (including phenoxy) is 1. The van der Waals surface area contributed by atoms with Crippen molar-refractivity contribution < 1.29 is 44.2 Å².